The molecule has 0 bridgehead atoms. The molecule has 1 aromatic heterocycles. The van der Waals surface area contributed by atoms with Crippen molar-refractivity contribution < 1.29 is 47.1 Å². The highest BCUT2D eigenvalue weighted by molar-refractivity contribution is 7.47. The van der Waals surface area contributed by atoms with E-state index in [0.717, 1.165) is 95.0 Å². The highest BCUT2D eigenvalue weighted by Gasteiger charge is 2.26. The third-order valence-corrected chi connectivity index (χ3v) is 11.1. The molecule has 3 atom stereocenters. The van der Waals surface area contributed by atoms with Gasteiger partial charge < -0.3 is 29.6 Å². The van der Waals surface area contributed by atoms with Crippen molar-refractivity contribution in [1.82, 2.24) is 0 Å². The van der Waals surface area contributed by atoms with Crippen LogP contribution in [0.15, 0.2) is 53.0 Å². The predicted octanol–water partition coefficient (Wildman–Crippen LogP) is 11.3. The Morgan fingerprint density at radius 1 is 0.695 bits per heavy atom. The molecule has 1 unspecified atom stereocenters. The Balaban J connectivity index is 2.29. The summed E-state index contributed by atoms with van der Waals surface area (Å²) < 4.78 is 39.0. The topological polar surface area (TPSA) is 168 Å². The second kappa shape index (κ2) is 35.9. The molecule has 338 valence electrons. The maximum atomic E-state index is 12.7. The third-order valence-electron chi connectivity index (χ3n) is 10.1. The smallest absolute Gasteiger partial charge is 0.466 e. The molecule has 0 radical (unpaired) electrons. The minimum absolute atomic E-state index is 0.0324. The summed E-state index contributed by atoms with van der Waals surface area (Å²) in [5.41, 5.74) is 7.99. The van der Waals surface area contributed by atoms with Gasteiger partial charge in [0.2, 0.25) is 0 Å². The summed E-state index contributed by atoms with van der Waals surface area (Å²) in [6.45, 7) is 7.66. The molecule has 11 nitrogen and oxygen atoms in total. The standard InChI is InChI=1S/C47H80NO10P/c1-5-7-26-32-44-40(3)41(4)45(58-44)33-28-23-19-16-17-21-25-30-35-47(51)57-43(39-56-59(52,53)55-37-36-48)38-54-46(50)34-29-24-20-15-13-11-9-8-10-12-14-18-22-27-31-42(49)6-2/h9-12,15,18,20,22,42-43,49H,5-8,13-14,16-17,19,21,23-39,48H2,1-4H3,(H,52,53)/b11-9-,12-10-,20-15-,22-18-/t42-,43+/m0/s1. The van der Waals surface area contributed by atoms with Gasteiger partial charge in [0.05, 0.1) is 19.3 Å². The van der Waals surface area contributed by atoms with Crippen LogP contribution in [0.1, 0.15) is 171 Å². The van der Waals surface area contributed by atoms with E-state index in [9.17, 15) is 24.2 Å². The fourth-order valence-electron chi connectivity index (χ4n) is 6.26. The maximum Gasteiger partial charge on any atom is 0.472 e. The predicted molar refractivity (Wildman–Crippen MR) is 238 cm³/mol. The number of furan rings is 1. The molecule has 0 fully saturated rings. The first kappa shape index (κ1) is 54.2. The molecular formula is C47H80NO10P. The molecule has 0 spiro atoms. The Morgan fingerprint density at radius 3 is 1.80 bits per heavy atom. The number of esters is 2. The number of ether oxygens (including phenoxy) is 2. The summed E-state index contributed by atoms with van der Waals surface area (Å²) in [6.07, 6.45) is 36.3. The molecule has 0 aliphatic heterocycles. The molecule has 59 heavy (non-hydrogen) atoms. The third kappa shape index (κ3) is 30.0. The molecule has 1 aromatic rings. The number of aliphatic hydroxyl groups is 1. The summed E-state index contributed by atoms with van der Waals surface area (Å²) in [4.78, 5) is 35.0. The van der Waals surface area contributed by atoms with Crippen molar-refractivity contribution in [2.24, 2.45) is 5.73 Å². The van der Waals surface area contributed by atoms with Crippen molar-refractivity contribution in [3.05, 3.63) is 71.3 Å². The highest BCUT2D eigenvalue weighted by Crippen LogP contribution is 2.43. The van der Waals surface area contributed by atoms with Crippen LogP contribution in [-0.2, 0) is 45.5 Å². The molecule has 12 heteroatoms. The number of carbonyl (C=O) groups is 2. The van der Waals surface area contributed by atoms with Gasteiger partial charge in [0.25, 0.3) is 0 Å². The number of hydrogen-bond acceptors (Lipinski definition) is 10. The van der Waals surface area contributed by atoms with Crippen LogP contribution in [0.25, 0.3) is 0 Å². The maximum absolute atomic E-state index is 12.7. The minimum atomic E-state index is -4.41. The number of carbonyl (C=O) groups excluding carboxylic acids is 2. The number of rotatable bonds is 38. The highest BCUT2D eigenvalue weighted by atomic mass is 31.2. The van der Waals surface area contributed by atoms with Crippen molar-refractivity contribution in [2.75, 3.05) is 26.4 Å². The first-order valence-electron chi connectivity index (χ1n) is 22.6. The molecule has 0 saturated heterocycles. The van der Waals surface area contributed by atoms with Crippen molar-refractivity contribution in [1.29, 1.82) is 0 Å². The number of unbranched alkanes of at least 4 members (excludes halogenated alkanes) is 10. The van der Waals surface area contributed by atoms with Gasteiger partial charge in [-0.2, -0.15) is 0 Å². The van der Waals surface area contributed by atoms with Crippen LogP contribution >= 0.6 is 7.82 Å². The zero-order valence-electron chi connectivity index (χ0n) is 37.1. The lowest BCUT2D eigenvalue weighted by Crippen LogP contribution is -2.29. The normalized spacial score (nSPS) is 14.2. The van der Waals surface area contributed by atoms with E-state index in [1.54, 1.807) is 0 Å². The van der Waals surface area contributed by atoms with E-state index in [0.29, 0.717) is 19.3 Å². The van der Waals surface area contributed by atoms with Gasteiger partial charge in [0.15, 0.2) is 6.10 Å². The minimum Gasteiger partial charge on any atom is -0.466 e. The number of allylic oxidation sites excluding steroid dienone is 8. The second-order valence-electron chi connectivity index (χ2n) is 15.3. The summed E-state index contributed by atoms with van der Waals surface area (Å²) in [5.74, 6) is 1.38. The average molecular weight is 850 g/mol. The van der Waals surface area contributed by atoms with Gasteiger partial charge in [-0.1, -0.05) is 114 Å². The first-order valence-corrected chi connectivity index (χ1v) is 24.0. The Labute approximate surface area is 356 Å². The van der Waals surface area contributed by atoms with Crippen LogP contribution in [0.2, 0.25) is 0 Å². The number of phosphoric acid groups is 1. The zero-order chi connectivity index (χ0) is 43.4. The van der Waals surface area contributed by atoms with E-state index in [-0.39, 0.29) is 38.7 Å². The Morgan fingerprint density at radius 2 is 1.22 bits per heavy atom. The summed E-state index contributed by atoms with van der Waals surface area (Å²) in [5, 5.41) is 9.56. The van der Waals surface area contributed by atoms with E-state index in [4.69, 9.17) is 28.7 Å². The quantitative estimate of drug-likeness (QED) is 0.0251. The van der Waals surface area contributed by atoms with Crippen LogP contribution in [-0.4, -0.2) is 60.5 Å². The number of phosphoric ester groups is 1. The number of hydrogen-bond donors (Lipinski definition) is 3. The van der Waals surface area contributed by atoms with Gasteiger partial charge >= 0.3 is 19.8 Å². The molecule has 4 N–H and O–H groups in total. The lowest BCUT2D eigenvalue weighted by Gasteiger charge is -2.19. The average Bonchev–Trinajstić information content (AvgIpc) is 3.49. The molecule has 1 heterocycles. The van der Waals surface area contributed by atoms with E-state index in [1.807, 2.05) is 13.0 Å². The van der Waals surface area contributed by atoms with Crippen LogP contribution in [0, 0.1) is 13.8 Å². The van der Waals surface area contributed by atoms with Gasteiger partial charge in [-0.05, 0) is 95.6 Å². The molecule has 1 rings (SSSR count). The lowest BCUT2D eigenvalue weighted by atomic mass is 10.0. The van der Waals surface area contributed by atoms with Crippen molar-refractivity contribution >= 4 is 19.8 Å². The molecule has 0 aliphatic carbocycles. The van der Waals surface area contributed by atoms with E-state index < -0.39 is 32.5 Å². The van der Waals surface area contributed by atoms with E-state index in [1.165, 1.54) is 43.2 Å². The monoisotopic (exact) mass is 850 g/mol. The van der Waals surface area contributed by atoms with E-state index in [2.05, 4.69) is 63.3 Å². The summed E-state index contributed by atoms with van der Waals surface area (Å²) >= 11 is 0. The molecule has 0 aliphatic rings. The van der Waals surface area contributed by atoms with Gasteiger partial charge in [0, 0.05) is 32.2 Å². The fourth-order valence-corrected chi connectivity index (χ4v) is 7.02. The molecule has 0 aromatic carbocycles. The SMILES string of the molecule is CCCCCc1oc(CCCCCCCCCCC(=O)O[C@H](COC(=O)CCC/C=C\C/C=C\C/C=C\C/C=C\CC[C@@H](O)CC)COP(=O)(O)OCCN)c(C)c1C. The van der Waals surface area contributed by atoms with Crippen LogP contribution < -0.4 is 5.73 Å². The molecular weight excluding hydrogens is 769 g/mol. The second-order valence-corrected chi connectivity index (χ2v) is 16.7. The first-order chi connectivity index (χ1) is 28.5. The fraction of sp³-hybridized carbons (Fsp3) is 0.702. The Bertz CT molecular complexity index is 1400. The van der Waals surface area contributed by atoms with Crippen LogP contribution in [0.5, 0.6) is 0 Å². The Hall–Kier alpha value is -2.79. The van der Waals surface area contributed by atoms with Gasteiger partial charge in [-0.25, -0.2) is 4.57 Å². The van der Waals surface area contributed by atoms with Crippen molar-refractivity contribution in [3.8, 4) is 0 Å². The van der Waals surface area contributed by atoms with Crippen molar-refractivity contribution in [2.45, 2.75) is 188 Å². The van der Waals surface area contributed by atoms with Gasteiger partial charge in [-0.3, -0.25) is 18.6 Å². The van der Waals surface area contributed by atoms with Crippen molar-refractivity contribution in [3.63, 3.8) is 0 Å². The lowest BCUT2D eigenvalue weighted by molar-refractivity contribution is -0.161. The van der Waals surface area contributed by atoms with E-state index >= 15 is 0 Å². The number of aliphatic hydroxyl groups excluding tert-OH is 1. The largest absolute Gasteiger partial charge is 0.472 e. The number of aryl methyl sites for hydroxylation is 2. The van der Waals surface area contributed by atoms with Crippen LogP contribution in [0.4, 0.5) is 0 Å². The van der Waals surface area contributed by atoms with Gasteiger partial charge in [0.1, 0.15) is 18.1 Å². The number of nitrogens with two attached hydrogens (primary N) is 1. The zero-order valence-corrected chi connectivity index (χ0v) is 37.9. The Kier molecular flexibility index (Phi) is 33.0. The summed E-state index contributed by atoms with van der Waals surface area (Å²) in [6, 6.07) is 0. The molecule has 0 saturated carbocycles. The molecule has 0 amide bonds. The van der Waals surface area contributed by atoms with Gasteiger partial charge in [-0.15, -0.1) is 0 Å². The summed E-state index contributed by atoms with van der Waals surface area (Å²) in [7, 11) is -4.41. The van der Waals surface area contributed by atoms with Crippen LogP contribution in [0.3, 0.4) is 0 Å².